The summed E-state index contributed by atoms with van der Waals surface area (Å²) in [6.07, 6.45) is 12.2. The van der Waals surface area contributed by atoms with Crippen molar-refractivity contribution in [2.75, 3.05) is 55.6 Å². The van der Waals surface area contributed by atoms with Gasteiger partial charge in [0.2, 0.25) is 17.7 Å². The standard InChI is InChI=1S/C48H53ClF2N6O4/c49-36-6-4-7-39-43(36)45(60)52-47-48(18-2-1-3-19-48)35-15-14-33(26-40(35)57(39)47)31-16-20-53(21-17-31)29-30-10-12-32(13-11-30)46(61)55-24-22-54(23-25-55)44-37(50)27-34(28-38(44)51)56-41(58)8-5-9-42(56)59/h4,6-7,14-15,26-28,30-32H,1-3,5,8-13,16-25,29H2. The quantitative estimate of drug-likeness (QED) is 0.180. The van der Waals surface area contributed by atoms with E-state index in [0.717, 1.165) is 118 Å². The van der Waals surface area contributed by atoms with Crippen molar-refractivity contribution in [1.82, 2.24) is 19.4 Å². The summed E-state index contributed by atoms with van der Waals surface area (Å²) < 4.78 is 32.9. The summed E-state index contributed by atoms with van der Waals surface area (Å²) in [5.41, 5.74) is 3.92. The molecule has 10 rings (SSSR count). The number of aromatic nitrogens is 2. The van der Waals surface area contributed by atoms with Gasteiger partial charge in [0.25, 0.3) is 5.56 Å². The van der Waals surface area contributed by atoms with Gasteiger partial charge < -0.3 is 14.7 Å². The Hall–Kier alpha value is -4.68. The number of anilines is 2. The first-order valence-electron chi connectivity index (χ1n) is 22.6. The maximum absolute atomic E-state index is 15.3. The predicted molar refractivity (Wildman–Crippen MR) is 232 cm³/mol. The van der Waals surface area contributed by atoms with Gasteiger partial charge in [-0.25, -0.2) is 8.78 Å². The monoisotopic (exact) mass is 850 g/mol. The van der Waals surface area contributed by atoms with Gasteiger partial charge in [0.15, 0.2) is 11.6 Å². The molecule has 0 radical (unpaired) electrons. The number of benzene rings is 3. The first-order chi connectivity index (χ1) is 29.6. The topological polar surface area (TPSA) is 99.1 Å². The van der Waals surface area contributed by atoms with Gasteiger partial charge in [-0.1, -0.05) is 49.1 Å². The number of halogens is 3. The van der Waals surface area contributed by atoms with Crippen LogP contribution in [-0.2, 0) is 19.8 Å². The van der Waals surface area contributed by atoms with Crippen molar-refractivity contribution in [2.45, 2.75) is 101 Å². The molecule has 0 N–H and O–H groups in total. The minimum atomic E-state index is -0.817. The Labute approximate surface area is 359 Å². The lowest BCUT2D eigenvalue weighted by Crippen LogP contribution is -2.51. The number of nitrogens with zero attached hydrogens (tertiary/aromatic N) is 6. The van der Waals surface area contributed by atoms with Crippen LogP contribution in [0.5, 0.6) is 0 Å². The van der Waals surface area contributed by atoms with Gasteiger partial charge in [-0.05, 0) is 112 Å². The average Bonchev–Trinajstić information content (AvgIpc) is 3.51. The largest absolute Gasteiger partial charge is 0.363 e. The van der Waals surface area contributed by atoms with E-state index in [9.17, 15) is 19.2 Å². The molecule has 6 aliphatic rings. The molecule has 61 heavy (non-hydrogen) atoms. The van der Waals surface area contributed by atoms with Gasteiger partial charge in [-0.2, -0.15) is 4.98 Å². The van der Waals surface area contributed by atoms with Crippen LogP contribution in [0, 0.1) is 23.5 Å². The maximum atomic E-state index is 15.3. The lowest BCUT2D eigenvalue weighted by atomic mass is 9.69. The second kappa shape index (κ2) is 16.2. The zero-order valence-corrected chi connectivity index (χ0v) is 35.4. The van der Waals surface area contributed by atoms with Crippen molar-refractivity contribution in [1.29, 1.82) is 0 Å². The number of hydrogen-bond acceptors (Lipinski definition) is 7. The number of amides is 3. The van der Waals surface area contributed by atoms with Crippen LogP contribution < -0.4 is 15.4 Å². The fourth-order valence-corrected chi connectivity index (χ4v) is 12.0. The van der Waals surface area contributed by atoms with Crippen molar-refractivity contribution in [3.8, 4) is 5.69 Å². The van der Waals surface area contributed by atoms with Gasteiger partial charge in [-0.15, -0.1) is 0 Å². The van der Waals surface area contributed by atoms with Crippen LogP contribution >= 0.6 is 11.6 Å². The number of piperidine rings is 2. The smallest absolute Gasteiger partial charge is 0.282 e. The first kappa shape index (κ1) is 40.4. The molecule has 0 bridgehead atoms. The summed E-state index contributed by atoms with van der Waals surface area (Å²) >= 11 is 6.60. The van der Waals surface area contributed by atoms with E-state index in [1.54, 1.807) is 11.0 Å². The SMILES string of the molecule is O=C(C1CCC(CN2CCC(c3ccc4c(c3)-n3c(nc(=O)c5c(Cl)cccc53)C43CCCCC3)CC2)CC1)N1CCN(c2c(F)cc(N3C(=O)CCCC3=O)cc2F)CC1. The molecule has 2 aliphatic carbocycles. The maximum Gasteiger partial charge on any atom is 0.282 e. The molecule has 1 spiro atoms. The molecule has 1 aromatic heterocycles. The van der Waals surface area contributed by atoms with Gasteiger partial charge >= 0.3 is 0 Å². The van der Waals surface area contributed by atoms with E-state index in [-0.39, 0.29) is 47.0 Å². The van der Waals surface area contributed by atoms with E-state index >= 15 is 8.78 Å². The molecule has 5 fully saturated rings. The van der Waals surface area contributed by atoms with Crippen LogP contribution in [0.25, 0.3) is 16.6 Å². The third-order valence-corrected chi connectivity index (χ3v) is 15.3. The summed E-state index contributed by atoms with van der Waals surface area (Å²) in [6, 6.07) is 14.9. The number of piperazine rings is 1. The Balaban J connectivity index is 0.730. The normalized spacial score (nSPS) is 23.5. The van der Waals surface area contributed by atoms with E-state index < -0.39 is 23.4 Å². The van der Waals surface area contributed by atoms with Crippen molar-refractivity contribution < 1.29 is 23.2 Å². The fraction of sp³-hybridized carbons (Fsp3) is 0.521. The highest BCUT2D eigenvalue weighted by Crippen LogP contribution is 2.52. The number of carbonyl (C=O) groups excluding carboxylic acids is 3. The number of fused-ring (bicyclic) bond motifs is 7. The molecule has 13 heteroatoms. The zero-order chi connectivity index (χ0) is 42.0. The molecule has 10 nitrogen and oxygen atoms in total. The Morgan fingerprint density at radius 2 is 1.48 bits per heavy atom. The summed E-state index contributed by atoms with van der Waals surface area (Å²) in [6.45, 7) is 4.50. The van der Waals surface area contributed by atoms with E-state index in [4.69, 9.17) is 16.6 Å². The van der Waals surface area contributed by atoms with Gasteiger partial charge in [0, 0.05) is 63.6 Å². The third kappa shape index (κ3) is 7.15. The minimum absolute atomic E-state index is 0.0277. The molecule has 4 aliphatic heterocycles. The van der Waals surface area contributed by atoms with E-state index in [0.29, 0.717) is 54.8 Å². The van der Waals surface area contributed by atoms with Crippen LogP contribution in [0.15, 0.2) is 53.3 Å². The summed E-state index contributed by atoms with van der Waals surface area (Å²) in [4.78, 5) is 63.5. The van der Waals surface area contributed by atoms with Crippen LogP contribution in [0.1, 0.15) is 113 Å². The van der Waals surface area contributed by atoms with E-state index in [1.807, 2.05) is 17.0 Å². The van der Waals surface area contributed by atoms with E-state index in [1.165, 1.54) is 17.5 Å². The number of carbonyl (C=O) groups is 3. The average molecular weight is 851 g/mol. The highest BCUT2D eigenvalue weighted by molar-refractivity contribution is 6.35. The fourth-order valence-electron chi connectivity index (χ4n) is 11.8. The highest BCUT2D eigenvalue weighted by atomic mass is 35.5. The Kier molecular flexibility index (Phi) is 10.7. The zero-order valence-electron chi connectivity index (χ0n) is 34.7. The van der Waals surface area contributed by atoms with Crippen LogP contribution in [0.2, 0.25) is 5.02 Å². The lowest BCUT2D eigenvalue weighted by molar-refractivity contribution is -0.137. The van der Waals surface area contributed by atoms with Gasteiger partial charge in [0.05, 0.1) is 32.7 Å². The second-order valence-corrected chi connectivity index (χ2v) is 18.9. The molecular formula is C48H53ClF2N6O4. The lowest BCUT2D eigenvalue weighted by Gasteiger charge is -2.40. The van der Waals surface area contributed by atoms with Crippen LogP contribution in [0.4, 0.5) is 20.2 Å². The molecule has 2 saturated carbocycles. The van der Waals surface area contributed by atoms with Gasteiger partial charge in [-0.3, -0.25) is 28.6 Å². The Morgan fingerprint density at radius 3 is 2.16 bits per heavy atom. The molecule has 3 aromatic carbocycles. The molecule has 4 aromatic rings. The molecule has 5 heterocycles. The van der Waals surface area contributed by atoms with Gasteiger partial charge in [0.1, 0.15) is 11.5 Å². The summed E-state index contributed by atoms with van der Waals surface area (Å²) in [5, 5.41) is 0.937. The van der Waals surface area contributed by atoms with E-state index in [2.05, 4.69) is 27.7 Å². The number of rotatable bonds is 6. The predicted octanol–water partition coefficient (Wildman–Crippen LogP) is 8.26. The van der Waals surface area contributed by atoms with Crippen molar-refractivity contribution >= 4 is 51.6 Å². The number of likely N-dealkylation sites (tertiary alicyclic amines) is 1. The summed E-state index contributed by atoms with van der Waals surface area (Å²) in [7, 11) is 0. The Morgan fingerprint density at radius 1 is 0.787 bits per heavy atom. The van der Waals surface area contributed by atoms with Crippen LogP contribution in [-0.4, -0.2) is 82.9 Å². The molecule has 0 atom stereocenters. The number of hydrogen-bond donors (Lipinski definition) is 0. The molecule has 320 valence electrons. The van der Waals surface area contributed by atoms with Crippen molar-refractivity contribution in [3.05, 3.63) is 92.5 Å². The van der Waals surface area contributed by atoms with Crippen molar-refractivity contribution in [3.63, 3.8) is 0 Å². The molecule has 3 saturated heterocycles. The number of imide groups is 1. The molecule has 3 amide bonds. The van der Waals surface area contributed by atoms with Crippen molar-refractivity contribution in [2.24, 2.45) is 11.8 Å². The third-order valence-electron chi connectivity index (χ3n) is 15.0. The first-order valence-corrected chi connectivity index (χ1v) is 22.9. The molecule has 0 unspecified atom stereocenters. The Bertz CT molecular complexity index is 2420. The second-order valence-electron chi connectivity index (χ2n) is 18.5. The summed E-state index contributed by atoms with van der Waals surface area (Å²) in [5.74, 6) is -0.528. The van der Waals surface area contributed by atoms with Crippen LogP contribution in [0.3, 0.4) is 0 Å². The minimum Gasteiger partial charge on any atom is -0.363 e. The molecular weight excluding hydrogens is 798 g/mol. The highest BCUT2D eigenvalue weighted by Gasteiger charge is 2.47.